The van der Waals surface area contributed by atoms with Gasteiger partial charge in [0.15, 0.2) is 0 Å². The van der Waals surface area contributed by atoms with E-state index in [-0.39, 0.29) is 12.6 Å². The molecule has 264 valence electrons. The van der Waals surface area contributed by atoms with Gasteiger partial charge in [0, 0.05) is 12.3 Å². The van der Waals surface area contributed by atoms with Gasteiger partial charge in [-0.05, 0) is 6.42 Å². The van der Waals surface area contributed by atoms with Gasteiger partial charge in [-0.1, -0.05) is 19.8 Å². The molecule has 0 aliphatic rings. The third kappa shape index (κ3) is 39.3. The molecular weight excluding hydrogens is 604 g/mol. The Labute approximate surface area is 269 Å². The highest BCUT2D eigenvalue weighted by molar-refractivity contribution is 6.17. The minimum Gasteiger partial charge on any atom is -0.463 e. The van der Waals surface area contributed by atoms with Gasteiger partial charge in [0.2, 0.25) is 0 Å². The second-order valence-corrected chi connectivity index (χ2v) is 9.48. The summed E-state index contributed by atoms with van der Waals surface area (Å²) < 4.78 is 64.6. The highest BCUT2D eigenvalue weighted by Crippen LogP contribution is 2.00. The Hall–Kier alpha value is -0.680. The zero-order valence-electron chi connectivity index (χ0n) is 27.0. The molecule has 0 atom stereocenters. The molecule has 0 radical (unpaired) electrons. The number of carbonyl (C=O) groups excluding carboxylic acids is 1. The Morgan fingerprint density at radius 2 is 0.636 bits per heavy atom. The largest absolute Gasteiger partial charge is 0.463 e. The number of hydrogen-bond acceptors (Lipinski definition) is 13. The average Bonchev–Trinajstić information content (AvgIpc) is 3.03. The fraction of sp³-hybridized carbons (Fsp3) is 0.967. The molecule has 14 heteroatoms. The third-order valence-corrected chi connectivity index (χ3v) is 5.57. The van der Waals surface area contributed by atoms with Gasteiger partial charge in [-0.3, -0.25) is 4.79 Å². The van der Waals surface area contributed by atoms with Crippen molar-refractivity contribution in [2.75, 3.05) is 158 Å². The highest BCUT2D eigenvalue weighted by Gasteiger charge is 2.02. The summed E-state index contributed by atoms with van der Waals surface area (Å²) in [6.45, 7) is 13.4. The van der Waals surface area contributed by atoms with Crippen LogP contribution >= 0.6 is 11.6 Å². The van der Waals surface area contributed by atoms with E-state index in [0.29, 0.717) is 158 Å². The molecule has 0 saturated carbocycles. The number of halogens is 1. The predicted molar refractivity (Wildman–Crippen MR) is 165 cm³/mol. The van der Waals surface area contributed by atoms with Crippen molar-refractivity contribution in [3.8, 4) is 0 Å². The first-order valence-corrected chi connectivity index (χ1v) is 16.4. The van der Waals surface area contributed by atoms with Gasteiger partial charge in [-0.15, -0.1) is 11.6 Å². The van der Waals surface area contributed by atoms with Gasteiger partial charge >= 0.3 is 5.97 Å². The maximum absolute atomic E-state index is 11.4. The van der Waals surface area contributed by atoms with Crippen LogP contribution in [0, 0.1) is 0 Å². The molecule has 0 aliphatic carbocycles. The van der Waals surface area contributed by atoms with E-state index in [1.54, 1.807) is 0 Å². The minimum atomic E-state index is -0.160. The van der Waals surface area contributed by atoms with Crippen LogP contribution in [0.4, 0.5) is 0 Å². The average molecular weight is 663 g/mol. The van der Waals surface area contributed by atoms with E-state index in [1.807, 2.05) is 0 Å². The van der Waals surface area contributed by atoms with Crippen molar-refractivity contribution in [3.63, 3.8) is 0 Å². The minimum absolute atomic E-state index is 0.160. The van der Waals surface area contributed by atoms with Crippen LogP contribution in [-0.2, 0) is 61.6 Å². The molecule has 0 rings (SSSR count). The fourth-order valence-electron chi connectivity index (χ4n) is 3.16. The Balaban J connectivity index is 3.07. The van der Waals surface area contributed by atoms with Crippen molar-refractivity contribution in [2.45, 2.75) is 32.6 Å². The van der Waals surface area contributed by atoms with Gasteiger partial charge in [-0.25, -0.2) is 0 Å². The topological polar surface area (TPSA) is 128 Å². The predicted octanol–water partition coefficient (Wildman–Crippen LogP) is 2.53. The lowest BCUT2D eigenvalue weighted by atomic mass is 10.2. The zero-order valence-corrected chi connectivity index (χ0v) is 27.7. The zero-order chi connectivity index (χ0) is 31.9. The summed E-state index contributed by atoms with van der Waals surface area (Å²) in [5, 5.41) is 0. The molecule has 0 aromatic heterocycles. The Bertz CT molecular complexity index is 549. The molecule has 0 N–H and O–H groups in total. The molecule has 0 unspecified atom stereocenters. The summed E-state index contributed by atoms with van der Waals surface area (Å²) in [6, 6.07) is 0. The lowest BCUT2D eigenvalue weighted by Crippen LogP contribution is -2.15. The summed E-state index contributed by atoms with van der Waals surface area (Å²) in [6.07, 6.45) is 3.49. The molecule has 44 heavy (non-hydrogen) atoms. The van der Waals surface area contributed by atoms with E-state index in [2.05, 4.69) is 6.92 Å². The van der Waals surface area contributed by atoms with Crippen molar-refractivity contribution < 1.29 is 61.6 Å². The lowest BCUT2D eigenvalue weighted by Gasteiger charge is -2.09. The summed E-state index contributed by atoms with van der Waals surface area (Å²) in [7, 11) is 0. The number of unbranched alkanes of at least 4 members (excludes halogenated alkanes) is 2. The summed E-state index contributed by atoms with van der Waals surface area (Å²) in [5.41, 5.74) is 0. The quantitative estimate of drug-likeness (QED) is 0.0544. The second-order valence-electron chi connectivity index (χ2n) is 9.10. The van der Waals surface area contributed by atoms with Crippen molar-refractivity contribution in [2.24, 2.45) is 0 Å². The smallest absolute Gasteiger partial charge is 0.305 e. The van der Waals surface area contributed by atoms with Crippen LogP contribution < -0.4 is 0 Å². The van der Waals surface area contributed by atoms with Crippen LogP contribution in [0.15, 0.2) is 0 Å². The monoisotopic (exact) mass is 662 g/mol. The van der Waals surface area contributed by atoms with Crippen molar-refractivity contribution in [3.05, 3.63) is 0 Å². The van der Waals surface area contributed by atoms with E-state index >= 15 is 0 Å². The Kier molecular flexibility index (Phi) is 39.7. The van der Waals surface area contributed by atoms with E-state index in [1.165, 1.54) is 0 Å². The van der Waals surface area contributed by atoms with E-state index in [9.17, 15) is 4.79 Å². The Morgan fingerprint density at radius 1 is 0.386 bits per heavy atom. The number of hydrogen-bond donors (Lipinski definition) is 0. The maximum Gasteiger partial charge on any atom is 0.305 e. The van der Waals surface area contributed by atoms with Crippen LogP contribution in [0.25, 0.3) is 0 Å². The maximum atomic E-state index is 11.4. The van der Waals surface area contributed by atoms with Crippen molar-refractivity contribution >= 4 is 17.6 Å². The molecule has 0 fully saturated rings. The molecule has 0 bridgehead atoms. The molecule has 0 amide bonds. The van der Waals surface area contributed by atoms with Crippen LogP contribution in [0.1, 0.15) is 32.6 Å². The van der Waals surface area contributed by atoms with Gasteiger partial charge < -0.3 is 56.8 Å². The molecule has 0 heterocycles. The standard InChI is InChI=1S/C30H59ClO13/c1-2-3-4-5-30(32)44-29-28-43-27-26-42-25-24-41-23-22-40-21-20-39-19-18-38-17-16-37-15-14-36-13-12-35-11-10-34-9-8-33-7-6-31/h2-29H2,1H3. The molecule has 13 nitrogen and oxygen atoms in total. The Morgan fingerprint density at radius 3 is 0.886 bits per heavy atom. The number of esters is 1. The molecular formula is C30H59ClO13. The number of alkyl halides is 1. The van der Waals surface area contributed by atoms with Gasteiger partial charge in [0.05, 0.1) is 145 Å². The van der Waals surface area contributed by atoms with E-state index in [4.69, 9.17) is 68.4 Å². The van der Waals surface area contributed by atoms with Crippen LogP contribution in [-0.4, -0.2) is 164 Å². The molecule has 0 saturated heterocycles. The van der Waals surface area contributed by atoms with Crippen molar-refractivity contribution in [1.82, 2.24) is 0 Å². The summed E-state index contributed by atoms with van der Waals surface area (Å²) in [5.74, 6) is 0.335. The van der Waals surface area contributed by atoms with Crippen LogP contribution in [0.2, 0.25) is 0 Å². The lowest BCUT2D eigenvalue weighted by molar-refractivity contribution is -0.145. The summed E-state index contributed by atoms with van der Waals surface area (Å²) >= 11 is 5.51. The van der Waals surface area contributed by atoms with Crippen LogP contribution in [0.5, 0.6) is 0 Å². The van der Waals surface area contributed by atoms with E-state index in [0.717, 1.165) is 19.3 Å². The van der Waals surface area contributed by atoms with Crippen LogP contribution in [0.3, 0.4) is 0 Å². The van der Waals surface area contributed by atoms with Gasteiger partial charge in [-0.2, -0.15) is 0 Å². The summed E-state index contributed by atoms with van der Waals surface area (Å²) in [4.78, 5) is 11.4. The first-order chi connectivity index (χ1) is 21.8. The fourth-order valence-corrected chi connectivity index (χ4v) is 3.27. The van der Waals surface area contributed by atoms with Crippen molar-refractivity contribution in [1.29, 1.82) is 0 Å². The normalized spacial score (nSPS) is 11.4. The molecule has 0 spiro atoms. The highest BCUT2D eigenvalue weighted by atomic mass is 35.5. The number of carbonyl (C=O) groups is 1. The van der Waals surface area contributed by atoms with Gasteiger partial charge in [0.25, 0.3) is 0 Å². The number of rotatable bonds is 39. The van der Waals surface area contributed by atoms with E-state index < -0.39 is 0 Å². The first-order valence-electron chi connectivity index (χ1n) is 15.9. The second kappa shape index (κ2) is 40.3. The SMILES string of the molecule is CCCCCC(=O)OCCOCCOCCOCCOCCOCCOCCOCCOCCOCCOCCOCCCl. The molecule has 0 aliphatic heterocycles. The first kappa shape index (κ1) is 43.3. The molecule has 0 aromatic rings. The number of ether oxygens (including phenoxy) is 12. The third-order valence-electron chi connectivity index (χ3n) is 5.42. The molecule has 0 aromatic carbocycles. The van der Waals surface area contributed by atoms with Gasteiger partial charge in [0.1, 0.15) is 6.61 Å².